The quantitative estimate of drug-likeness (QED) is 0.590. The lowest BCUT2D eigenvalue weighted by atomic mass is 10.1. The van der Waals surface area contributed by atoms with E-state index in [0.717, 1.165) is 19.3 Å². The van der Waals surface area contributed by atoms with Crippen molar-refractivity contribution in [3.63, 3.8) is 0 Å². The minimum absolute atomic E-state index is 0.0719. The van der Waals surface area contributed by atoms with Gasteiger partial charge in [-0.05, 0) is 37.1 Å². The maximum Gasteiger partial charge on any atom is 0.338 e. The lowest BCUT2D eigenvalue weighted by Gasteiger charge is -2.07. The van der Waals surface area contributed by atoms with E-state index in [-0.39, 0.29) is 10.5 Å². The molecule has 0 spiro atoms. The van der Waals surface area contributed by atoms with Crippen LogP contribution >= 0.6 is 0 Å². The maximum atomic E-state index is 11.9. The minimum Gasteiger partial charge on any atom is -0.462 e. The number of hydrogen-bond acceptors (Lipinski definition) is 4. The first-order valence-corrected chi connectivity index (χ1v) is 8.71. The first-order valence-electron chi connectivity index (χ1n) is 7.16. The van der Waals surface area contributed by atoms with Crippen molar-refractivity contribution in [2.24, 2.45) is 5.14 Å². The minimum atomic E-state index is -3.82. The van der Waals surface area contributed by atoms with Gasteiger partial charge in [0.1, 0.15) is 0 Å². The van der Waals surface area contributed by atoms with Crippen molar-refractivity contribution in [2.45, 2.75) is 50.8 Å². The third kappa shape index (κ3) is 6.27. The topological polar surface area (TPSA) is 86.5 Å². The number of primary sulfonamides is 1. The number of hydrogen-bond donors (Lipinski definition) is 1. The second-order valence-electron chi connectivity index (χ2n) is 5.13. The summed E-state index contributed by atoms with van der Waals surface area (Å²) in [5, 5.41) is 5.08. The molecule has 0 amide bonds. The Kier molecular flexibility index (Phi) is 6.84. The van der Waals surface area contributed by atoms with E-state index in [2.05, 4.69) is 6.92 Å². The van der Waals surface area contributed by atoms with Crippen LogP contribution < -0.4 is 5.14 Å². The summed E-state index contributed by atoms with van der Waals surface area (Å²) >= 11 is 0. The normalized spacial score (nSPS) is 11.4. The lowest BCUT2D eigenvalue weighted by molar-refractivity contribution is 0.0497. The third-order valence-electron chi connectivity index (χ3n) is 3.10. The van der Waals surface area contributed by atoms with E-state index in [0.29, 0.717) is 12.2 Å². The molecule has 1 aromatic carbocycles. The molecule has 1 aromatic rings. The van der Waals surface area contributed by atoms with Crippen LogP contribution in [0.2, 0.25) is 0 Å². The fraction of sp³-hybridized carbons (Fsp3) is 0.533. The largest absolute Gasteiger partial charge is 0.462 e. The smallest absolute Gasteiger partial charge is 0.338 e. The molecule has 0 radical (unpaired) electrons. The van der Waals surface area contributed by atoms with Gasteiger partial charge < -0.3 is 4.74 Å². The number of benzene rings is 1. The Morgan fingerprint density at radius 3 is 2.43 bits per heavy atom. The van der Waals surface area contributed by atoms with Gasteiger partial charge in [-0.25, -0.2) is 18.4 Å². The summed E-state index contributed by atoms with van der Waals surface area (Å²) in [6, 6.07) is 4.27. The van der Waals surface area contributed by atoms with Gasteiger partial charge >= 0.3 is 5.97 Å². The van der Waals surface area contributed by atoms with E-state index in [1.165, 1.54) is 25.0 Å². The lowest BCUT2D eigenvalue weighted by Crippen LogP contribution is -2.14. The van der Waals surface area contributed by atoms with Crippen LogP contribution in [0.1, 0.15) is 54.9 Å². The fourth-order valence-corrected chi connectivity index (χ4v) is 2.63. The first kappa shape index (κ1) is 17.7. The van der Waals surface area contributed by atoms with E-state index >= 15 is 0 Å². The Bertz CT molecular complexity index is 581. The molecule has 118 valence electrons. The van der Waals surface area contributed by atoms with Gasteiger partial charge in [-0.1, -0.05) is 32.6 Å². The Hall–Kier alpha value is -1.40. The van der Waals surface area contributed by atoms with E-state index in [1.54, 1.807) is 13.0 Å². The Balaban J connectivity index is 2.60. The molecule has 0 aromatic heterocycles. The van der Waals surface area contributed by atoms with E-state index in [1.807, 2.05) is 0 Å². The molecule has 0 aliphatic carbocycles. The zero-order chi connectivity index (χ0) is 15.9. The fourth-order valence-electron chi connectivity index (χ4n) is 1.98. The number of nitrogens with two attached hydrogens (primary N) is 1. The average molecular weight is 313 g/mol. The number of sulfonamides is 1. The van der Waals surface area contributed by atoms with Gasteiger partial charge in [-0.15, -0.1) is 0 Å². The van der Waals surface area contributed by atoms with E-state index in [9.17, 15) is 13.2 Å². The van der Waals surface area contributed by atoms with Gasteiger partial charge in [-0.3, -0.25) is 0 Å². The molecule has 6 heteroatoms. The van der Waals surface area contributed by atoms with Crippen LogP contribution in [0.5, 0.6) is 0 Å². The number of aryl methyl sites for hydroxylation is 1. The number of unbranched alkanes of at least 4 members (excludes halogenated alkanes) is 4. The van der Waals surface area contributed by atoms with Crippen molar-refractivity contribution >= 4 is 16.0 Å². The van der Waals surface area contributed by atoms with E-state index in [4.69, 9.17) is 9.88 Å². The van der Waals surface area contributed by atoms with Gasteiger partial charge in [0, 0.05) is 0 Å². The molecule has 0 aliphatic rings. The summed E-state index contributed by atoms with van der Waals surface area (Å²) in [5.41, 5.74) is 0.865. The predicted molar refractivity (Wildman–Crippen MR) is 81.6 cm³/mol. The molecule has 2 N–H and O–H groups in total. The van der Waals surface area contributed by atoms with Gasteiger partial charge in [0.2, 0.25) is 10.0 Å². The monoisotopic (exact) mass is 313 g/mol. The van der Waals surface area contributed by atoms with E-state index < -0.39 is 16.0 Å². The summed E-state index contributed by atoms with van der Waals surface area (Å²) in [6.07, 6.45) is 5.33. The first-order chi connectivity index (χ1) is 9.84. The second-order valence-corrected chi connectivity index (χ2v) is 6.69. The number of rotatable bonds is 8. The Morgan fingerprint density at radius 1 is 1.14 bits per heavy atom. The second kappa shape index (κ2) is 8.14. The number of ether oxygens (including phenoxy) is 1. The standard InChI is InChI=1S/C15H23NO4S/c1-3-4-5-6-7-8-20-15(17)13-9-12(2)10-14(11-13)21(16,18)19/h9-11H,3-8H2,1-2H3,(H2,16,18,19). The highest BCUT2D eigenvalue weighted by molar-refractivity contribution is 7.89. The molecule has 0 saturated heterocycles. The Morgan fingerprint density at radius 2 is 1.81 bits per heavy atom. The van der Waals surface area contributed by atoms with Crippen LogP contribution in [-0.4, -0.2) is 21.0 Å². The van der Waals surface area contributed by atoms with Crippen LogP contribution in [0.4, 0.5) is 0 Å². The van der Waals surface area contributed by atoms with Gasteiger partial charge in [0.25, 0.3) is 0 Å². The summed E-state index contributed by atoms with van der Waals surface area (Å²) < 4.78 is 27.8. The molecule has 0 aliphatic heterocycles. The highest BCUT2D eigenvalue weighted by atomic mass is 32.2. The molecule has 0 saturated carbocycles. The summed E-state index contributed by atoms with van der Waals surface area (Å²) in [4.78, 5) is 11.8. The molecule has 1 rings (SSSR count). The van der Waals surface area contributed by atoms with Crippen molar-refractivity contribution in [1.82, 2.24) is 0 Å². The van der Waals surface area contributed by atoms with Crippen molar-refractivity contribution in [2.75, 3.05) is 6.61 Å². The van der Waals surface area contributed by atoms with Crippen LogP contribution in [0.25, 0.3) is 0 Å². The van der Waals surface area contributed by atoms with Gasteiger partial charge in [0.15, 0.2) is 0 Å². The molecule has 0 heterocycles. The van der Waals surface area contributed by atoms with Crippen LogP contribution in [0.3, 0.4) is 0 Å². The molecule has 0 fully saturated rings. The molecular weight excluding hydrogens is 290 g/mol. The highest BCUT2D eigenvalue weighted by Crippen LogP contribution is 2.15. The maximum absolute atomic E-state index is 11.9. The Labute approximate surface area is 126 Å². The molecular formula is C15H23NO4S. The highest BCUT2D eigenvalue weighted by Gasteiger charge is 2.14. The van der Waals surface area contributed by atoms with Crippen molar-refractivity contribution < 1.29 is 17.9 Å². The molecule has 21 heavy (non-hydrogen) atoms. The molecule has 0 unspecified atom stereocenters. The zero-order valence-corrected chi connectivity index (χ0v) is 13.4. The number of carbonyl (C=O) groups is 1. The summed E-state index contributed by atoms with van der Waals surface area (Å²) in [6.45, 7) is 4.19. The van der Waals surface area contributed by atoms with Gasteiger partial charge in [-0.2, -0.15) is 0 Å². The van der Waals surface area contributed by atoms with Crippen LogP contribution in [0, 0.1) is 6.92 Å². The zero-order valence-electron chi connectivity index (χ0n) is 12.6. The number of carbonyl (C=O) groups excluding carboxylic acids is 1. The summed E-state index contributed by atoms with van der Waals surface area (Å²) in [5.74, 6) is -0.515. The van der Waals surface area contributed by atoms with Crippen molar-refractivity contribution in [1.29, 1.82) is 0 Å². The predicted octanol–water partition coefficient (Wildman–Crippen LogP) is 2.77. The number of esters is 1. The van der Waals surface area contributed by atoms with Gasteiger partial charge in [0.05, 0.1) is 17.1 Å². The molecule has 0 bridgehead atoms. The summed E-state index contributed by atoms with van der Waals surface area (Å²) in [7, 11) is -3.82. The third-order valence-corrected chi connectivity index (χ3v) is 3.99. The van der Waals surface area contributed by atoms with Crippen molar-refractivity contribution in [3.8, 4) is 0 Å². The SMILES string of the molecule is CCCCCCCOC(=O)c1cc(C)cc(S(N)(=O)=O)c1. The van der Waals surface area contributed by atoms with Crippen LogP contribution in [0.15, 0.2) is 23.1 Å². The van der Waals surface area contributed by atoms with Crippen molar-refractivity contribution in [3.05, 3.63) is 29.3 Å². The molecule has 5 nitrogen and oxygen atoms in total. The molecule has 0 atom stereocenters. The average Bonchev–Trinajstić information content (AvgIpc) is 2.40. The van der Waals surface area contributed by atoms with Crippen LogP contribution in [-0.2, 0) is 14.8 Å².